The van der Waals surface area contributed by atoms with Crippen LogP contribution in [-0.2, 0) is 10.0 Å². The lowest BCUT2D eigenvalue weighted by Crippen LogP contribution is -2.26. The molecule has 0 heterocycles. The van der Waals surface area contributed by atoms with Crippen LogP contribution < -0.4 is 15.8 Å². The average Bonchev–Trinajstić information content (AvgIpc) is 2.35. The Balaban J connectivity index is 2.86. The van der Waals surface area contributed by atoms with Gasteiger partial charge in [-0.2, -0.15) is 0 Å². The van der Waals surface area contributed by atoms with Gasteiger partial charge in [0.2, 0.25) is 10.0 Å². The number of rotatable bonds is 7. The predicted molar refractivity (Wildman–Crippen MR) is 80.3 cm³/mol. The first-order chi connectivity index (χ1) is 9.33. The van der Waals surface area contributed by atoms with Gasteiger partial charge in [-0.25, -0.2) is 8.42 Å². The number of nitrogens with one attached hydrogen (secondary N) is 2. The summed E-state index contributed by atoms with van der Waals surface area (Å²) in [6.07, 6.45) is 2.68. The van der Waals surface area contributed by atoms with Crippen LogP contribution in [0.2, 0.25) is 0 Å². The van der Waals surface area contributed by atoms with Gasteiger partial charge in [0.05, 0.1) is 17.5 Å². The molecule has 0 aromatic heterocycles. The van der Waals surface area contributed by atoms with Crippen molar-refractivity contribution in [3.05, 3.63) is 29.3 Å². The van der Waals surface area contributed by atoms with Gasteiger partial charge < -0.3 is 11.1 Å². The van der Waals surface area contributed by atoms with E-state index < -0.39 is 10.0 Å². The Hall–Kier alpha value is -1.60. The van der Waals surface area contributed by atoms with E-state index in [0.29, 0.717) is 18.7 Å². The Morgan fingerprint density at radius 1 is 1.30 bits per heavy atom. The van der Waals surface area contributed by atoms with Crippen LogP contribution in [0, 0.1) is 6.92 Å². The molecule has 0 atom stereocenters. The van der Waals surface area contributed by atoms with E-state index in [-0.39, 0.29) is 11.6 Å². The van der Waals surface area contributed by atoms with Crippen LogP contribution in [0.3, 0.4) is 0 Å². The summed E-state index contributed by atoms with van der Waals surface area (Å²) in [5.74, 6) is -0.295. The summed E-state index contributed by atoms with van der Waals surface area (Å²) < 4.78 is 25.0. The number of carbonyl (C=O) groups excluding carboxylic acids is 1. The molecule has 6 nitrogen and oxygen atoms in total. The van der Waals surface area contributed by atoms with Crippen LogP contribution >= 0.6 is 0 Å². The minimum atomic E-state index is -3.42. The molecule has 1 aromatic carbocycles. The van der Waals surface area contributed by atoms with Crippen LogP contribution in [0.4, 0.5) is 5.69 Å². The maximum atomic E-state index is 12.1. The molecule has 0 bridgehead atoms. The quantitative estimate of drug-likeness (QED) is 0.649. The highest BCUT2D eigenvalue weighted by Gasteiger charge is 2.14. The summed E-state index contributed by atoms with van der Waals surface area (Å²) in [4.78, 5) is 12.1. The molecule has 1 amide bonds. The first kappa shape index (κ1) is 16.5. The van der Waals surface area contributed by atoms with Gasteiger partial charge >= 0.3 is 0 Å². The minimum Gasteiger partial charge on any atom is -0.352 e. The van der Waals surface area contributed by atoms with Gasteiger partial charge in [0, 0.05) is 6.54 Å². The Morgan fingerprint density at radius 3 is 2.60 bits per heavy atom. The SMILES string of the molecule is Cc1ccc(NS(C)(=O)=O)c(C(=O)NCCCCN)c1. The number of unbranched alkanes of at least 4 members (excludes halogenated alkanes) is 1. The summed E-state index contributed by atoms with van der Waals surface area (Å²) in [6.45, 7) is 2.94. The van der Waals surface area contributed by atoms with Gasteiger partial charge in [-0.05, 0) is 38.4 Å². The maximum absolute atomic E-state index is 12.1. The molecule has 0 aliphatic heterocycles. The third kappa shape index (κ3) is 5.58. The third-order valence-corrected chi connectivity index (χ3v) is 3.22. The van der Waals surface area contributed by atoms with E-state index in [4.69, 9.17) is 5.73 Å². The number of sulfonamides is 1. The van der Waals surface area contributed by atoms with E-state index in [2.05, 4.69) is 10.0 Å². The van der Waals surface area contributed by atoms with Crippen LogP contribution in [0.5, 0.6) is 0 Å². The molecule has 0 fully saturated rings. The number of amides is 1. The lowest BCUT2D eigenvalue weighted by molar-refractivity contribution is 0.0954. The van der Waals surface area contributed by atoms with Crippen molar-refractivity contribution in [2.45, 2.75) is 19.8 Å². The highest BCUT2D eigenvalue weighted by molar-refractivity contribution is 7.92. The summed E-state index contributed by atoms with van der Waals surface area (Å²) in [6, 6.07) is 5.00. The van der Waals surface area contributed by atoms with Crippen molar-refractivity contribution < 1.29 is 13.2 Å². The molecule has 0 radical (unpaired) electrons. The monoisotopic (exact) mass is 299 g/mol. The molecule has 7 heteroatoms. The fourth-order valence-corrected chi connectivity index (χ4v) is 2.28. The molecule has 0 saturated heterocycles. The second kappa shape index (κ2) is 7.25. The maximum Gasteiger partial charge on any atom is 0.253 e. The molecule has 112 valence electrons. The molecular weight excluding hydrogens is 278 g/mol. The number of hydrogen-bond acceptors (Lipinski definition) is 4. The van der Waals surface area contributed by atoms with Crippen molar-refractivity contribution in [1.29, 1.82) is 0 Å². The fraction of sp³-hybridized carbons (Fsp3) is 0.462. The van der Waals surface area contributed by atoms with Gasteiger partial charge in [-0.3, -0.25) is 9.52 Å². The van der Waals surface area contributed by atoms with Gasteiger partial charge in [0.25, 0.3) is 5.91 Å². The highest BCUT2D eigenvalue weighted by Crippen LogP contribution is 2.18. The van der Waals surface area contributed by atoms with E-state index in [9.17, 15) is 13.2 Å². The van der Waals surface area contributed by atoms with Crippen molar-refractivity contribution in [3.8, 4) is 0 Å². The van der Waals surface area contributed by atoms with Crippen molar-refractivity contribution in [1.82, 2.24) is 5.32 Å². The Kier molecular flexibility index (Phi) is 5.97. The Labute approximate surface area is 119 Å². The number of anilines is 1. The smallest absolute Gasteiger partial charge is 0.253 e. The number of carbonyl (C=O) groups is 1. The molecule has 0 saturated carbocycles. The third-order valence-electron chi connectivity index (χ3n) is 2.63. The molecule has 0 aliphatic carbocycles. The first-order valence-electron chi connectivity index (χ1n) is 6.40. The zero-order chi connectivity index (χ0) is 15.2. The Bertz CT molecular complexity index is 570. The molecule has 1 rings (SSSR count). The summed E-state index contributed by atoms with van der Waals surface area (Å²) >= 11 is 0. The van der Waals surface area contributed by atoms with E-state index in [1.807, 2.05) is 6.92 Å². The van der Waals surface area contributed by atoms with Gasteiger partial charge in [-0.15, -0.1) is 0 Å². The zero-order valence-electron chi connectivity index (χ0n) is 11.8. The summed E-state index contributed by atoms with van der Waals surface area (Å²) in [5.41, 5.74) is 6.87. The van der Waals surface area contributed by atoms with Crippen LogP contribution in [0.25, 0.3) is 0 Å². The summed E-state index contributed by atoms with van der Waals surface area (Å²) in [5, 5.41) is 2.76. The highest BCUT2D eigenvalue weighted by atomic mass is 32.2. The van der Waals surface area contributed by atoms with E-state index in [1.54, 1.807) is 18.2 Å². The predicted octanol–water partition coefficient (Wildman–Crippen LogP) is 0.835. The number of hydrogen-bond donors (Lipinski definition) is 3. The average molecular weight is 299 g/mol. The first-order valence-corrected chi connectivity index (χ1v) is 8.29. The zero-order valence-corrected chi connectivity index (χ0v) is 12.6. The molecule has 0 aliphatic rings. The van der Waals surface area contributed by atoms with Crippen molar-refractivity contribution >= 4 is 21.6 Å². The van der Waals surface area contributed by atoms with Gasteiger partial charge in [-0.1, -0.05) is 11.6 Å². The summed E-state index contributed by atoms with van der Waals surface area (Å²) in [7, 11) is -3.42. The minimum absolute atomic E-state index is 0.287. The van der Waals surface area contributed by atoms with Crippen molar-refractivity contribution in [2.75, 3.05) is 24.1 Å². The largest absolute Gasteiger partial charge is 0.352 e. The van der Waals surface area contributed by atoms with Crippen LogP contribution in [-0.4, -0.2) is 33.7 Å². The van der Waals surface area contributed by atoms with Crippen LogP contribution in [0.15, 0.2) is 18.2 Å². The molecule has 4 N–H and O–H groups in total. The second-order valence-corrected chi connectivity index (χ2v) is 6.42. The fourth-order valence-electron chi connectivity index (χ4n) is 1.70. The molecule has 0 unspecified atom stereocenters. The molecule has 20 heavy (non-hydrogen) atoms. The normalized spacial score (nSPS) is 11.2. The number of aryl methyl sites for hydroxylation is 1. The molecule has 0 spiro atoms. The van der Waals surface area contributed by atoms with Crippen LogP contribution in [0.1, 0.15) is 28.8 Å². The van der Waals surface area contributed by atoms with E-state index in [0.717, 1.165) is 24.7 Å². The van der Waals surface area contributed by atoms with E-state index >= 15 is 0 Å². The number of benzene rings is 1. The second-order valence-electron chi connectivity index (χ2n) is 4.67. The van der Waals surface area contributed by atoms with Gasteiger partial charge in [0.15, 0.2) is 0 Å². The lowest BCUT2D eigenvalue weighted by Gasteiger charge is -2.12. The molecular formula is C13H21N3O3S. The van der Waals surface area contributed by atoms with E-state index in [1.165, 1.54) is 0 Å². The standard InChI is InChI=1S/C13H21N3O3S/c1-10-5-6-12(16-20(2,18)19)11(9-10)13(17)15-8-4-3-7-14/h5-6,9,16H,3-4,7-8,14H2,1-2H3,(H,15,17). The lowest BCUT2D eigenvalue weighted by atomic mass is 10.1. The van der Waals surface area contributed by atoms with Gasteiger partial charge in [0.1, 0.15) is 0 Å². The van der Waals surface area contributed by atoms with Crippen molar-refractivity contribution in [2.24, 2.45) is 5.73 Å². The molecule has 1 aromatic rings. The topological polar surface area (TPSA) is 101 Å². The number of nitrogens with two attached hydrogens (primary N) is 1. The Morgan fingerprint density at radius 2 is 2.00 bits per heavy atom. The van der Waals surface area contributed by atoms with Crippen molar-refractivity contribution in [3.63, 3.8) is 0 Å².